The van der Waals surface area contributed by atoms with Crippen molar-refractivity contribution in [3.8, 4) is 0 Å². The van der Waals surface area contributed by atoms with Crippen LogP contribution in [0.15, 0.2) is 6.07 Å². The highest BCUT2D eigenvalue weighted by atomic mass is 16.1. The van der Waals surface area contributed by atoms with Crippen molar-refractivity contribution in [2.75, 3.05) is 30.4 Å². The van der Waals surface area contributed by atoms with E-state index in [4.69, 9.17) is 10.7 Å². The number of hydrogen-bond donors (Lipinski definition) is 2. The van der Waals surface area contributed by atoms with Gasteiger partial charge >= 0.3 is 0 Å². The summed E-state index contributed by atoms with van der Waals surface area (Å²) < 4.78 is 0. The van der Waals surface area contributed by atoms with Crippen LogP contribution in [0.1, 0.15) is 39.4 Å². The average Bonchev–Trinajstić information content (AvgIpc) is 2.46. The van der Waals surface area contributed by atoms with Crippen LogP contribution in [0.3, 0.4) is 0 Å². The molecule has 0 spiro atoms. The fraction of sp³-hybridized carbons (Fsp3) is 0.667. The summed E-state index contributed by atoms with van der Waals surface area (Å²) in [5.41, 5.74) is 5.33. The summed E-state index contributed by atoms with van der Waals surface area (Å²) in [5.74, 6) is 2.14. The third-order valence-corrected chi connectivity index (χ3v) is 3.79. The van der Waals surface area contributed by atoms with Crippen molar-refractivity contribution in [1.82, 2.24) is 9.97 Å². The normalized spacial score (nSPS) is 19.4. The first-order valence-electron chi connectivity index (χ1n) is 7.43. The first kappa shape index (κ1) is 15.5. The molecule has 116 valence electrons. The Balaban J connectivity index is 2.32. The Labute approximate surface area is 126 Å². The predicted octanol–water partition coefficient (Wildman–Crippen LogP) is 1.52. The van der Waals surface area contributed by atoms with E-state index < -0.39 is 0 Å². The Hall–Kier alpha value is -1.85. The van der Waals surface area contributed by atoms with Crippen LogP contribution in [0.4, 0.5) is 11.6 Å². The number of rotatable bonds is 3. The molecule has 6 heteroatoms. The lowest BCUT2D eigenvalue weighted by Gasteiger charge is -2.33. The van der Waals surface area contributed by atoms with E-state index in [1.54, 1.807) is 0 Å². The van der Waals surface area contributed by atoms with Crippen molar-refractivity contribution in [1.29, 1.82) is 0 Å². The molecule has 1 atom stereocenters. The Bertz CT molecular complexity index is 523. The number of carbonyl (C=O) groups excluding carboxylic acids is 1. The summed E-state index contributed by atoms with van der Waals surface area (Å²) >= 11 is 0. The van der Waals surface area contributed by atoms with Crippen LogP contribution in [0.2, 0.25) is 0 Å². The van der Waals surface area contributed by atoms with Gasteiger partial charge in [-0.2, -0.15) is 0 Å². The molecule has 1 unspecified atom stereocenters. The highest BCUT2D eigenvalue weighted by Gasteiger charge is 2.26. The molecule has 0 radical (unpaired) electrons. The topological polar surface area (TPSA) is 84.1 Å². The van der Waals surface area contributed by atoms with Gasteiger partial charge in [-0.15, -0.1) is 0 Å². The van der Waals surface area contributed by atoms with Gasteiger partial charge in [-0.25, -0.2) is 9.97 Å². The number of piperidine rings is 1. The number of anilines is 2. The van der Waals surface area contributed by atoms with Crippen LogP contribution >= 0.6 is 0 Å². The zero-order chi connectivity index (χ0) is 15.6. The highest BCUT2D eigenvalue weighted by Crippen LogP contribution is 2.27. The molecule has 0 bridgehead atoms. The first-order valence-corrected chi connectivity index (χ1v) is 7.43. The minimum atomic E-state index is -0.223. The van der Waals surface area contributed by atoms with Crippen molar-refractivity contribution < 1.29 is 4.79 Å². The molecule has 1 aliphatic rings. The summed E-state index contributed by atoms with van der Waals surface area (Å²) in [4.78, 5) is 22.8. The molecule has 0 saturated carbocycles. The molecule has 21 heavy (non-hydrogen) atoms. The Morgan fingerprint density at radius 3 is 2.71 bits per heavy atom. The number of amides is 1. The first-order chi connectivity index (χ1) is 9.81. The van der Waals surface area contributed by atoms with Gasteiger partial charge in [0, 0.05) is 31.6 Å². The zero-order valence-electron chi connectivity index (χ0n) is 13.3. The fourth-order valence-corrected chi connectivity index (χ4v) is 2.48. The minimum Gasteiger partial charge on any atom is -0.373 e. The maximum absolute atomic E-state index is 11.4. The van der Waals surface area contributed by atoms with Crippen LogP contribution < -0.4 is 16.0 Å². The highest BCUT2D eigenvalue weighted by molar-refractivity contribution is 5.77. The minimum absolute atomic E-state index is 0.0927. The van der Waals surface area contributed by atoms with Gasteiger partial charge in [-0.05, 0) is 12.8 Å². The lowest BCUT2D eigenvalue weighted by atomic mass is 9.95. The molecule has 1 aromatic heterocycles. The lowest BCUT2D eigenvalue weighted by Crippen LogP contribution is -2.41. The Kier molecular flexibility index (Phi) is 4.34. The van der Waals surface area contributed by atoms with Crippen LogP contribution in [0, 0.1) is 5.92 Å². The third-order valence-electron chi connectivity index (χ3n) is 3.79. The standard InChI is InChI=1S/C15H25N5O/c1-15(2,3)14-18-11(17-4)8-12(19-14)20-7-5-6-10(9-20)13(16)21/h8,10H,5-7,9H2,1-4H3,(H2,16,21)(H,17,18,19). The maximum atomic E-state index is 11.4. The van der Waals surface area contributed by atoms with Gasteiger partial charge in [0.2, 0.25) is 5.91 Å². The molecule has 6 nitrogen and oxygen atoms in total. The molecule has 0 aliphatic carbocycles. The number of nitrogens with two attached hydrogens (primary N) is 1. The van der Waals surface area contributed by atoms with Crippen molar-refractivity contribution in [3.05, 3.63) is 11.9 Å². The summed E-state index contributed by atoms with van der Waals surface area (Å²) in [6.45, 7) is 7.81. The summed E-state index contributed by atoms with van der Waals surface area (Å²) in [7, 11) is 1.85. The Morgan fingerprint density at radius 2 is 2.14 bits per heavy atom. The van der Waals surface area contributed by atoms with E-state index >= 15 is 0 Å². The van der Waals surface area contributed by atoms with E-state index in [2.05, 4.69) is 36.0 Å². The monoisotopic (exact) mass is 291 g/mol. The van der Waals surface area contributed by atoms with Gasteiger partial charge in [0.15, 0.2) is 0 Å². The molecular formula is C15H25N5O. The van der Waals surface area contributed by atoms with E-state index in [1.165, 1.54) is 0 Å². The van der Waals surface area contributed by atoms with E-state index in [-0.39, 0.29) is 17.2 Å². The summed E-state index contributed by atoms with van der Waals surface area (Å²) in [6, 6.07) is 1.93. The van der Waals surface area contributed by atoms with E-state index in [0.29, 0.717) is 6.54 Å². The number of primary amides is 1. The quantitative estimate of drug-likeness (QED) is 0.882. The predicted molar refractivity (Wildman–Crippen MR) is 84.4 cm³/mol. The number of hydrogen-bond acceptors (Lipinski definition) is 5. The van der Waals surface area contributed by atoms with Gasteiger partial charge in [-0.1, -0.05) is 20.8 Å². The summed E-state index contributed by atoms with van der Waals surface area (Å²) in [5, 5.41) is 3.08. The summed E-state index contributed by atoms with van der Waals surface area (Å²) in [6.07, 6.45) is 1.82. The number of nitrogens with one attached hydrogen (secondary N) is 1. The van der Waals surface area contributed by atoms with E-state index in [0.717, 1.165) is 36.8 Å². The number of carbonyl (C=O) groups is 1. The van der Waals surface area contributed by atoms with E-state index in [9.17, 15) is 4.79 Å². The zero-order valence-corrected chi connectivity index (χ0v) is 13.3. The van der Waals surface area contributed by atoms with Gasteiger partial charge < -0.3 is 16.0 Å². The molecule has 0 aromatic carbocycles. The lowest BCUT2D eigenvalue weighted by molar-refractivity contribution is -0.122. The van der Waals surface area contributed by atoms with Gasteiger partial charge in [0.05, 0.1) is 5.92 Å². The molecule has 1 aliphatic heterocycles. The molecule has 1 amide bonds. The second-order valence-electron chi connectivity index (χ2n) is 6.62. The molecule has 2 rings (SSSR count). The average molecular weight is 291 g/mol. The van der Waals surface area contributed by atoms with E-state index in [1.807, 2.05) is 13.1 Å². The van der Waals surface area contributed by atoms with Gasteiger partial charge in [0.25, 0.3) is 0 Å². The van der Waals surface area contributed by atoms with Crippen molar-refractivity contribution >= 4 is 17.5 Å². The van der Waals surface area contributed by atoms with Crippen LogP contribution in [0.25, 0.3) is 0 Å². The second kappa shape index (κ2) is 5.87. The van der Waals surface area contributed by atoms with Crippen LogP contribution in [-0.2, 0) is 10.2 Å². The molecule has 1 aromatic rings. The van der Waals surface area contributed by atoms with Crippen molar-refractivity contribution in [2.24, 2.45) is 11.7 Å². The van der Waals surface area contributed by atoms with Crippen molar-refractivity contribution in [3.63, 3.8) is 0 Å². The SMILES string of the molecule is CNc1cc(N2CCCC(C(N)=O)C2)nc(C(C)(C)C)n1. The third kappa shape index (κ3) is 3.62. The molecule has 1 saturated heterocycles. The molecule has 3 N–H and O–H groups in total. The molecule has 2 heterocycles. The Morgan fingerprint density at radius 1 is 1.43 bits per heavy atom. The number of aromatic nitrogens is 2. The van der Waals surface area contributed by atoms with Crippen LogP contribution in [0.5, 0.6) is 0 Å². The second-order valence-corrected chi connectivity index (χ2v) is 6.62. The number of nitrogens with zero attached hydrogens (tertiary/aromatic N) is 3. The van der Waals surface area contributed by atoms with Gasteiger partial charge in [0.1, 0.15) is 17.5 Å². The molecular weight excluding hydrogens is 266 g/mol. The van der Waals surface area contributed by atoms with Crippen molar-refractivity contribution in [2.45, 2.75) is 39.0 Å². The smallest absolute Gasteiger partial charge is 0.222 e. The molecule has 1 fully saturated rings. The van der Waals surface area contributed by atoms with Gasteiger partial charge in [-0.3, -0.25) is 4.79 Å². The fourth-order valence-electron chi connectivity index (χ4n) is 2.48. The largest absolute Gasteiger partial charge is 0.373 e. The van der Waals surface area contributed by atoms with Crippen LogP contribution in [-0.4, -0.2) is 36.0 Å². The maximum Gasteiger partial charge on any atom is 0.222 e.